The molecule has 2 aromatic carbocycles. The van der Waals surface area contributed by atoms with Gasteiger partial charge in [0, 0.05) is 30.5 Å². The number of nitrogens with zero attached hydrogens (tertiary/aromatic N) is 2. The Hall–Kier alpha value is -3.79. The molecule has 0 spiro atoms. The van der Waals surface area contributed by atoms with Crippen LogP contribution in [0.5, 0.6) is 23.0 Å². The van der Waals surface area contributed by atoms with Crippen LogP contribution in [-0.2, 0) is 16.1 Å². The van der Waals surface area contributed by atoms with Gasteiger partial charge in [-0.25, -0.2) is 4.98 Å². The van der Waals surface area contributed by atoms with E-state index in [0.717, 1.165) is 5.56 Å². The summed E-state index contributed by atoms with van der Waals surface area (Å²) in [5.74, 6) is 1.81. The first-order valence-corrected chi connectivity index (χ1v) is 12.5. The lowest BCUT2D eigenvalue weighted by atomic mass is 10.1. The summed E-state index contributed by atoms with van der Waals surface area (Å²) in [5, 5.41) is 5.20. The lowest BCUT2D eigenvalue weighted by molar-refractivity contribution is -0.122. The molecule has 3 rings (SSSR count). The number of amides is 2. The molecule has 192 valence electrons. The first kappa shape index (κ1) is 26.8. The van der Waals surface area contributed by atoms with Gasteiger partial charge in [-0.3, -0.25) is 14.5 Å². The van der Waals surface area contributed by atoms with Gasteiger partial charge in [0.15, 0.2) is 16.6 Å². The summed E-state index contributed by atoms with van der Waals surface area (Å²) in [6, 6.07) is 10.7. The average molecular weight is 514 g/mol. The molecule has 0 saturated heterocycles. The molecule has 10 heteroatoms. The smallest absolute Gasteiger partial charge is 0.229 e. The minimum atomic E-state index is -0.303. The number of hydrogen-bond acceptors (Lipinski definition) is 8. The molecule has 36 heavy (non-hydrogen) atoms. The second-order valence-corrected chi connectivity index (χ2v) is 8.43. The second-order valence-electron chi connectivity index (χ2n) is 7.56. The van der Waals surface area contributed by atoms with E-state index in [1.54, 1.807) is 55.0 Å². The highest BCUT2D eigenvalue weighted by atomic mass is 32.1. The molecule has 0 fully saturated rings. The number of rotatable bonds is 13. The Morgan fingerprint density at radius 1 is 0.944 bits per heavy atom. The Kier molecular flexibility index (Phi) is 9.93. The van der Waals surface area contributed by atoms with Crippen molar-refractivity contribution >= 4 is 34.0 Å². The molecule has 1 N–H and O–H groups in total. The molecule has 0 radical (unpaired) electrons. The SMILES string of the molecule is CCOc1ccc(OCC)c(NC(=O)CCC(=O)N(Cc2ccc(OC)c(OC)c2)c2nccs2)c1. The summed E-state index contributed by atoms with van der Waals surface area (Å²) in [5.41, 5.74) is 1.34. The summed E-state index contributed by atoms with van der Waals surface area (Å²) >= 11 is 1.35. The summed E-state index contributed by atoms with van der Waals surface area (Å²) < 4.78 is 21.8. The van der Waals surface area contributed by atoms with Crippen molar-refractivity contribution in [3.05, 3.63) is 53.5 Å². The summed E-state index contributed by atoms with van der Waals surface area (Å²) in [6.07, 6.45) is 1.65. The molecule has 0 aliphatic rings. The highest BCUT2D eigenvalue weighted by Crippen LogP contribution is 2.31. The summed E-state index contributed by atoms with van der Waals surface area (Å²) in [4.78, 5) is 31.8. The number of anilines is 2. The second kappa shape index (κ2) is 13.3. The number of carbonyl (C=O) groups is 2. The van der Waals surface area contributed by atoms with Gasteiger partial charge in [0.05, 0.1) is 39.7 Å². The number of benzene rings is 2. The molecule has 2 amide bonds. The summed E-state index contributed by atoms with van der Waals surface area (Å²) in [6.45, 7) is 4.98. The van der Waals surface area contributed by atoms with Gasteiger partial charge >= 0.3 is 0 Å². The van der Waals surface area contributed by atoms with E-state index >= 15 is 0 Å². The maximum absolute atomic E-state index is 13.2. The average Bonchev–Trinajstić information content (AvgIpc) is 3.42. The number of methoxy groups -OCH3 is 2. The first-order valence-electron chi connectivity index (χ1n) is 11.6. The molecule has 9 nitrogen and oxygen atoms in total. The maximum Gasteiger partial charge on any atom is 0.229 e. The number of nitrogens with one attached hydrogen (secondary N) is 1. The predicted octanol–water partition coefficient (Wildman–Crippen LogP) is 4.91. The minimum absolute atomic E-state index is 0.00291. The van der Waals surface area contributed by atoms with Crippen LogP contribution in [0.2, 0.25) is 0 Å². The lowest BCUT2D eigenvalue weighted by Gasteiger charge is -2.21. The highest BCUT2D eigenvalue weighted by Gasteiger charge is 2.21. The van der Waals surface area contributed by atoms with Gasteiger partial charge in [0.2, 0.25) is 11.8 Å². The van der Waals surface area contributed by atoms with Crippen LogP contribution in [0, 0.1) is 0 Å². The van der Waals surface area contributed by atoms with Gasteiger partial charge in [-0.2, -0.15) is 0 Å². The fourth-order valence-corrected chi connectivity index (χ4v) is 4.14. The first-order chi connectivity index (χ1) is 17.5. The van der Waals surface area contributed by atoms with Crippen LogP contribution in [0.25, 0.3) is 0 Å². The van der Waals surface area contributed by atoms with Crippen molar-refractivity contribution in [3.63, 3.8) is 0 Å². The van der Waals surface area contributed by atoms with E-state index in [0.29, 0.717) is 47.0 Å². The largest absolute Gasteiger partial charge is 0.494 e. The highest BCUT2D eigenvalue weighted by molar-refractivity contribution is 7.13. The van der Waals surface area contributed by atoms with E-state index in [-0.39, 0.29) is 31.2 Å². The molecule has 0 atom stereocenters. The van der Waals surface area contributed by atoms with Gasteiger partial charge < -0.3 is 24.3 Å². The molecule has 3 aromatic rings. The Bertz CT molecular complexity index is 1150. The third-order valence-corrected chi connectivity index (χ3v) is 5.94. The number of ether oxygens (including phenoxy) is 4. The number of thiazole rings is 1. The van der Waals surface area contributed by atoms with Gasteiger partial charge in [-0.15, -0.1) is 11.3 Å². The van der Waals surface area contributed by atoms with E-state index < -0.39 is 0 Å². The fraction of sp³-hybridized carbons (Fsp3) is 0.346. The van der Waals surface area contributed by atoms with Gasteiger partial charge in [-0.05, 0) is 43.7 Å². The normalized spacial score (nSPS) is 10.4. The lowest BCUT2D eigenvalue weighted by Crippen LogP contribution is -2.31. The molecule has 0 aliphatic carbocycles. The topological polar surface area (TPSA) is 99.2 Å². The Labute approximate surface area is 215 Å². The van der Waals surface area contributed by atoms with Crippen LogP contribution in [0.15, 0.2) is 48.0 Å². The standard InChI is InChI=1S/C26H31N3O6S/c1-5-34-19-8-10-21(35-6-2)20(16-19)28-24(30)11-12-25(31)29(26-27-13-14-36-26)17-18-7-9-22(32-3)23(15-18)33-4/h7-10,13-16H,5-6,11-12,17H2,1-4H3,(H,28,30). The predicted molar refractivity (Wildman–Crippen MR) is 139 cm³/mol. The zero-order chi connectivity index (χ0) is 25.9. The molecule has 0 saturated carbocycles. The molecule has 1 heterocycles. The van der Waals surface area contributed by atoms with Crippen LogP contribution in [0.3, 0.4) is 0 Å². The van der Waals surface area contributed by atoms with Crippen molar-refractivity contribution in [2.75, 3.05) is 37.7 Å². The van der Waals surface area contributed by atoms with E-state index in [9.17, 15) is 9.59 Å². The molecular weight excluding hydrogens is 482 g/mol. The third-order valence-electron chi connectivity index (χ3n) is 5.14. The number of aromatic nitrogens is 1. The van der Waals surface area contributed by atoms with Crippen LogP contribution in [0.4, 0.5) is 10.8 Å². The van der Waals surface area contributed by atoms with Crippen LogP contribution in [-0.4, -0.2) is 44.2 Å². The third kappa shape index (κ3) is 7.11. The van der Waals surface area contributed by atoms with Crippen molar-refractivity contribution in [2.45, 2.75) is 33.2 Å². The minimum Gasteiger partial charge on any atom is -0.494 e. The van der Waals surface area contributed by atoms with Gasteiger partial charge in [0.25, 0.3) is 0 Å². The van der Waals surface area contributed by atoms with E-state index in [1.807, 2.05) is 26.0 Å². The van der Waals surface area contributed by atoms with E-state index in [4.69, 9.17) is 18.9 Å². The Balaban J connectivity index is 1.69. The van der Waals surface area contributed by atoms with E-state index in [1.165, 1.54) is 11.3 Å². The van der Waals surface area contributed by atoms with Gasteiger partial charge in [0.1, 0.15) is 11.5 Å². The van der Waals surface area contributed by atoms with Crippen LogP contribution < -0.4 is 29.2 Å². The molecular formula is C26H31N3O6S. The molecule has 0 aliphatic heterocycles. The van der Waals surface area contributed by atoms with E-state index in [2.05, 4.69) is 10.3 Å². The Morgan fingerprint density at radius 2 is 1.69 bits per heavy atom. The Morgan fingerprint density at radius 3 is 2.36 bits per heavy atom. The molecule has 0 bridgehead atoms. The van der Waals surface area contributed by atoms with Crippen molar-refractivity contribution in [2.24, 2.45) is 0 Å². The summed E-state index contributed by atoms with van der Waals surface area (Å²) in [7, 11) is 3.13. The monoisotopic (exact) mass is 513 g/mol. The fourth-order valence-electron chi connectivity index (χ4n) is 3.49. The zero-order valence-corrected chi connectivity index (χ0v) is 21.7. The zero-order valence-electron chi connectivity index (χ0n) is 20.9. The van der Waals surface area contributed by atoms with Crippen LogP contribution in [0.1, 0.15) is 32.3 Å². The number of carbonyl (C=O) groups excluding carboxylic acids is 2. The maximum atomic E-state index is 13.2. The van der Waals surface area contributed by atoms with Crippen molar-refractivity contribution < 1.29 is 28.5 Å². The van der Waals surface area contributed by atoms with Crippen molar-refractivity contribution in [3.8, 4) is 23.0 Å². The van der Waals surface area contributed by atoms with Gasteiger partial charge in [-0.1, -0.05) is 6.07 Å². The van der Waals surface area contributed by atoms with Crippen LogP contribution >= 0.6 is 11.3 Å². The molecule has 1 aromatic heterocycles. The van der Waals surface area contributed by atoms with Crippen molar-refractivity contribution in [1.82, 2.24) is 4.98 Å². The number of hydrogen-bond donors (Lipinski definition) is 1. The molecule has 0 unspecified atom stereocenters. The van der Waals surface area contributed by atoms with Crippen molar-refractivity contribution in [1.29, 1.82) is 0 Å². The quantitative estimate of drug-likeness (QED) is 0.347.